The van der Waals surface area contributed by atoms with Crippen LogP contribution < -0.4 is 0 Å². The number of hydrogen-bond donors (Lipinski definition) is 1. The van der Waals surface area contributed by atoms with E-state index in [9.17, 15) is 4.79 Å². The second-order valence-corrected chi connectivity index (χ2v) is 4.25. The van der Waals surface area contributed by atoms with E-state index in [1.54, 1.807) is 0 Å². The number of carboxylic acid groups (broad SMARTS) is 1. The van der Waals surface area contributed by atoms with Gasteiger partial charge in [-0.15, -0.1) is 11.8 Å². The highest BCUT2D eigenvalue weighted by Crippen LogP contribution is 2.18. The predicted octanol–water partition coefficient (Wildman–Crippen LogP) is 2.12. The fourth-order valence-electron chi connectivity index (χ4n) is 0.911. The highest BCUT2D eigenvalue weighted by atomic mass is 32.2. The fraction of sp³-hybridized carbons (Fsp3) is 0.556. The molecule has 5 heteroatoms. The molecule has 0 fully saturated rings. The minimum atomic E-state index is -0.803. The Morgan fingerprint density at radius 3 is 2.93 bits per heavy atom. The van der Waals surface area contributed by atoms with E-state index in [1.165, 1.54) is 11.8 Å². The number of aromatic nitrogens is 1. The quantitative estimate of drug-likeness (QED) is 0.815. The van der Waals surface area contributed by atoms with E-state index in [0.29, 0.717) is 11.7 Å². The largest absolute Gasteiger partial charge is 0.481 e. The molecule has 4 nitrogen and oxygen atoms in total. The lowest BCUT2D eigenvalue weighted by Crippen LogP contribution is -1.98. The Kier molecular flexibility index (Phi) is 4.00. The summed E-state index contributed by atoms with van der Waals surface area (Å²) in [6.07, 6.45) is 0. The van der Waals surface area contributed by atoms with Crippen LogP contribution in [0.1, 0.15) is 31.2 Å². The summed E-state index contributed by atoms with van der Waals surface area (Å²) in [7, 11) is 0. The maximum absolute atomic E-state index is 10.2. The van der Waals surface area contributed by atoms with Gasteiger partial charge in [-0.05, 0) is 0 Å². The summed E-state index contributed by atoms with van der Waals surface area (Å²) in [5.74, 6) is 1.05. The normalized spacial score (nSPS) is 10.8. The van der Waals surface area contributed by atoms with Crippen LogP contribution in [-0.4, -0.2) is 22.0 Å². The second-order valence-electron chi connectivity index (χ2n) is 3.26. The van der Waals surface area contributed by atoms with Crippen LogP contribution in [0.2, 0.25) is 0 Å². The lowest BCUT2D eigenvalue weighted by atomic mass is 10.1. The molecule has 0 amide bonds. The zero-order valence-corrected chi connectivity index (χ0v) is 9.00. The van der Waals surface area contributed by atoms with E-state index in [-0.39, 0.29) is 5.75 Å². The van der Waals surface area contributed by atoms with Gasteiger partial charge in [-0.25, -0.2) is 0 Å². The average molecular weight is 215 g/mol. The standard InChI is InChI=1S/C9H13NO3S/c1-6(2)8-3-7(10-13-8)4-14-5-9(11)12/h3,6H,4-5H2,1-2H3,(H,11,12). The summed E-state index contributed by atoms with van der Waals surface area (Å²) in [5, 5.41) is 12.3. The van der Waals surface area contributed by atoms with E-state index in [0.717, 1.165) is 11.5 Å². The summed E-state index contributed by atoms with van der Waals surface area (Å²) in [4.78, 5) is 10.2. The molecule has 0 aliphatic heterocycles. The lowest BCUT2D eigenvalue weighted by Gasteiger charge is -1.94. The molecule has 14 heavy (non-hydrogen) atoms. The monoisotopic (exact) mass is 215 g/mol. The van der Waals surface area contributed by atoms with Gasteiger partial charge in [-0.3, -0.25) is 4.79 Å². The van der Waals surface area contributed by atoms with Crippen LogP contribution in [0.5, 0.6) is 0 Å². The zero-order chi connectivity index (χ0) is 10.6. The highest BCUT2D eigenvalue weighted by molar-refractivity contribution is 7.99. The zero-order valence-electron chi connectivity index (χ0n) is 8.19. The number of hydrogen-bond acceptors (Lipinski definition) is 4. The van der Waals surface area contributed by atoms with E-state index < -0.39 is 5.97 Å². The van der Waals surface area contributed by atoms with Crippen molar-refractivity contribution in [1.29, 1.82) is 0 Å². The third-order valence-electron chi connectivity index (χ3n) is 1.62. The second kappa shape index (κ2) is 5.05. The summed E-state index contributed by atoms with van der Waals surface area (Å²) in [5.41, 5.74) is 0.806. The van der Waals surface area contributed by atoms with Crippen molar-refractivity contribution in [3.05, 3.63) is 17.5 Å². The topological polar surface area (TPSA) is 63.3 Å². The van der Waals surface area contributed by atoms with Gasteiger partial charge >= 0.3 is 5.97 Å². The molecular weight excluding hydrogens is 202 g/mol. The number of thioether (sulfide) groups is 1. The van der Waals surface area contributed by atoms with Gasteiger partial charge in [0.05, 0.1) is 11.4 Å². The molecule has 0 radical (unpaired) electrons. The van der Waals surface area contributed by atoms with Crippen molar-refractivity contribution in [3.63, 3.8) is 0 Å². The number of carboxylic acids is 1. The smallest absolute Gasteiger partial charge is 0.313 e. The third kappa shape index (κ3) is 3.41. The van der Waals surface area contributed by atoms with Gasteiger partial charge in [-0.2, -0.15) is 0 Å². The lowest BCUT2D eigenvalue weighted by molar-refractivity contribution is -0.133. The molecular formula is C9H13NO3S. The molecule has 0 saturated heterocycles. The van der Waals surface area contributed by atoms with E-state index in [2.05, 4.69) is 5.16 Å². The molecule has 0 saturated carbocycles. The Labute approximate surface area is 86.7 Å². The van der Waals surface area contributed by atoms with Gasteiger partial charge < -0.3 is 9.63 Å². The van der Waals surface area contributed by atoms with Crippen molar-refractivity contribution in [1.82, 2.24) is 5.16 Å². The van der Waals surface area contributed by atoms with Gasteiger partial charge in [0.15, 0.2) is 0 Å². The molecule has 0 aliphatic rings. The molecule has 1 aromatic rings. The molecule has 78 valence electrons. The molecule has 0 bridgehead atoms. The van der Waals surface area contributed by atoms with Crippen LogP contribution in [0.3, 0.4) is 0 Å². The minimum absolute atomic E-state index is 0.101. The van der Waals surface area contributed by atoms with Gasteiger partial charge in [0, 0.05) is 17.7 Å². The molecule has 1 rings (SSSR count). The Morgan fingerprint density at radius 1 is 1.71 bits per heavy atom. The Balaban J connectivity index is 2.40. The average Bonchev–Trinajstić information content (AvgIpc) is 2.52. The summed E-state index contributed by atoms with van der Waals surface area (Å²) >= 11 is 1.32. The number of aliphatic carboxylic acids is 1. The highest BCUT2D eigenvalue weighted by Gasteiger charge is 2.08. The molecule has 0 aliphatic carbocycles. The van der Waals surface area contributed by atoms with Crippen molar-refractivity contribution in [2.24, 2.45) is 0 Å². The van der Waals surface area contributed by atoms with E-state index >= 15 is 0 Å². The number of carbonyl (C=O) groups is 1. The van der Waals surface area contributed by atoms with Crippen LogP contribution >= 0.6 is 11.8 Å². The van der Waals surface area contributed by atoms with Crippen LogP contribution in [0.25, 0.3) is 0 Å². The first-order valence-electron chi connectivity index (χ1n) is 4.34. The molecule has 1 aromatic heterocycles. The number of nitrogens with zero attached hydrogens (tertiary/aromatic N) is 1. The van der Waals surface area contributed by atoms with Gasteiger partial charge in [0.2, 0.25) is 0 Å². The molecule has 1 N–H and O–H groups in total. The summed E-state index contributed by atoms with van der Waals surface area (Å²) < 4.78 is 5.07. The predicted molar refractivity (Wildman–Crippen MR) is 54.4 cm³/mol. The van der Waals surface area contributed by atoms with Crippen LogP contribution in [0, 0.1) is 0 Å². The Morgan fingerprint density at radius 2 is 2.43 bits per heavy atom. The van der Waals surface area contributed by atoms with Crippen molar-refractivity contribution in [3.8, 4) is 0 Å². The molecule has 1 heterocycles. The Hall–Kier alpha value is -0.970. The fourth-order valence-corrected chi connectivity index (χ4v) is 1.53. The first kappa shape index (κ1) is 11.1. The summed E-state index contributed by atoms with van der Waals surface area (Å²) in [6, 6.07) is 1.87. The first-order valence-corrected chi connectivity index (χ1v) is 5.50. The van der Waals surface area contributed by atoms with Crippen molar-refractivity contribution >= 4 is 17.7 Å². The van der Waals surface area contributed by atoms with Gasteiger partial charge in [0.1, 0.15) is 5.76 Å². The van der Waals surface area contributed by atoms with Crippen molar-refractivity contribution in [2.45, 2.75) is 25.5 Å². The van der Waals surface area contributed by atoms with Crippen LogP contribution in [0.4, 0.5) is 0 Å². The van der Waals surface area contributed by atoms with E-state index in [1.807, 2.05) is 19.9 Å². The van der Waals surface area contributed by atoms with Gasteiger partial charge in [0.25, 0.3) is 0 Å². The van der Waals surface area contributed by atoms with Crippen LogP contribution in [-0.2, 0) is 10.5 Å². The molecule has 0 atom stereocenters. The van der Waals surface area contributed by atoms with E-state index in [4.69, 9.17) is 9.63 Å². The first-order chi connectivity index (χ1) is 6.59. The van der Waals surface area contributed by atoms with Crippen molar-refractivity contribution < 1.29 is 14.4 Å². The maximum Gasteiger partial charge on any atom is 0.313 e. The van der Waals surface area contributed by atoms with Crippen LogP contribution in [0.15, 0.2) is 10.6 Å². The third-order valence-corrected chi connectivity index (χ3v) is 2.57. The number of rotatable bonds is 5. The van der Waals surface area contributed by atoms with Crippen molar-refractivity contribution in [2.75, 3.05) is 5.75 Å². The molecule has 0 unspecified atom stereocenters. The SMILES string of the molecule is CC(C)c1cc(CSCC(=O)O)no1. The summed E-state index contributed by atoms with van der Waals surface area (Å²) in [6.45, 7) is 4.05. The molecule has 0 aromatic carbocycles. The molecule has 0 spiro atoms. The maximum atomic E-state index is 10.2. The minimum Gasteiger partial charge on any atom is -0.481 e. The Bertz CT molecular complexity index is 309. The van der Waals surface area contributed by atoms with Gasteiger partial charge in [-0.1, -0.05) is 19.0 Å².